The smallest absolute Gasteiger partial charge is 0.207 e. The fourth-order valence-corrected chi connectivity index (χ4v) is 4.61. The van der Waals surface area contributed by atoms with Gasteiger partial charge in [-0.3, -0.25) is 0 Å². The molecule has 0 spiro atoms. The van der Waals surface area contributed by atoms with E-state index in [1.54, 1.807) is 37.6 Å². The molecule has 4 aromatic rings. The maximum Gasteiger partial charge on any atom is 0.207 e. The SMILES string of the molecule is COc1ccccc1-n1cc(-c2ccccc2S(=O)(=O)c2ccc(OC[O-])cc2)nn1. The molecule has 0 fully saturated rings. The van der Waals surface area contributed by atoms with E-state index in [-0.39, 0.29) is 9.79 Å². The molecular weight excluding hydrogens is 418 g/mol. The quantitative estimate of drug-likeness (QED) is 0.410. The van der Waals surface area contributed by atoms with E-state index in [0.717, 1.165) is 0 Å². The number of para-hydroxylation sites is 2. The molecule has 0 saturated carbocycles. The number of hydrogen-bond acceptors (Lipinski definition) is 7. The van der Waals surface area contributed by atoms with Crippen LogP contribution < -0.4 is 14.6 Å². The van der Waals surface area contributed by atoms with Crippen LogP contribution in [-0.4, -0.2) is 37.3 Å². The average molecular weight is 436 g/mol. The third-order valence-corrected chi connectivity index (χ3v) is 6.47. The molecule has 9 heteroatoms. The second kappa shape index (κ2) is 8.58. The van der Waals surface area contributed by atoms with Crippen LogP contribution in [-0.2, 0) is 9.84 Å². The molecule has 0 aliphatic rings. The summed E-state index contributed by atoms with van der Waals surface area (Å²) >= 11 is 0. The molecule has 158 valence electrons. The Morgan fingerprint density at radius 1 is 0.968 bits per heavy atom. The zero-order valence-electron chi connectivity index (χ0n) is 16.5. The van der Waals surface area contributed by atoms with Gasteiger partial charge in [0.25, 0.3) is 0 Å². The third kappa shape index (κ3) is 4.00. The van der Waals surface area contributed by atoms with Crippen molar-refractivity contribution < 1.29 is 23.0 Å². The number of benzene rings is 3. The first-order valence-corrected chi connectivity index (χ1v) is 10.7. The molecule has 8 nitrogen and oxygen atoms in total. The topological polar surface area (TPSA) is 106 Å². The molecule has 1 aromatic heterocycles. The first kappa shape index (κ1) is 20.6. The Hall–Kier alpha value is -3.69. The van der Waals surface area contributed by atoms with Crippen LogP contribution >= 0.6 is 0 Å². The van der Waals surface area contributed by atoms with Gasteiger partial charge < -0.3 is 14.6 Å². The lowest BCUT2D eigenvalue weighted by atomic mass is 10.2. The Balaban J connectivity index is 1.75. The lowest BCUT2D eigenvalue weighted by Crippen LogP contribution is -2.12. The second-order valence-corrected chi connectivity index (χ2v) is 8.37. The molecule has 0 aliphatic carbocycles. The molecule has 0 aliphatic heterocycles. The molecule has 1 heterocycles. The van der Waals surface area contributed by atoms with Crippen molar-refractivity contribution in [2.45, 2.75) is 9.79 Å². The molecule has 0 N–H and O–H groups in total. The summed E-state index contributed by atoms with van der Waals surface area (Å²) in [6.45, 7) is -0.739. The number of ether oxygens (including phenoxy) is 2. The Morgan fingerprint density at radius 3 is 2.42 bits per heavy atom. The fourth-order valence-electron chi connectivity index (χ4n) is 3.15. The van der Waals surface area contributed by atoms with Gasteiger partial charge in [0, 0.05) is 12.4 Å². The Morgan fingerprint density at radius 2 is 1.68 bits per heavy atom. The summed E-state index contributed by atoms with van der Waals surface area (Å²) in [7, 11) is -2.29. The maximum absolute atomic E-state index is 13.3. The van der Waals surface area contributed by atoms with Crippen molar-refractivity contribution in [1.82, 2.24) is 15.0 Å². The van der Waals surface area contributed by atoms with Gasteiger partial charge in [0.05, 0.1) is 23.1 Å². The van der Waals surface area contributed by atoms with Crippen LogP contribution in [0, 0.1) is 0 Å². The summed E-state index contributed by atoms with van der Waals surface area (Å²) in [6, 6.07) is 19.6. The van der Waals surface area contributed by atoms with Gasteiger partial charge in [-0.15, -0.1) is 5.10 Å². The highest BCUT2D eigenvalue weighted by molar-refractivity contribution is 7.91. The number of sulfone groups is 1. The number of aromatic nitrogens is 3. The van der Waals surface area contributed by atoms with Gasteiger partial charge in [-0.25, -0.2) is 13.1 Å². The van der Waals surface area contributed by atoms with E-state index >= 15 is 0 Å². The van der Waals surface area contributed by atoms with Crippen molar-refractivity contribution >= 4 is 9.84 Å². The molecule has 3 aromatic carbocycles. The molecule has 0 bridgehead atoms. The van der Waals surface area contributed by atoms with E-state index in [0.29, 0.717) is 28.4 Å². The first-order valence-electron chi connectivity index (χ1n) is 9.26. The third-order valence-electron chi connectivity index (χ3n) is 4.64. The zero-order chi connectivity index (χ0) is 21.8. The van der Waals surface area contributed by atoms with Gasteiger partial charge in [-0.2, -0.15) is 0 Å². The maximum atomic E-state index is 13.3. The summed E-state index contributed by atoms with van der Waals surface area (Å²) in [5, 5.41) is 18.9. The highest BCUT2D eigenvalue weighted by atomic mass is 32.2. The van der Waals surface area contributed by atoms with E-state index in [9.17, 15) is 13.5 Å². The summed E-state index contributed by atoms with van der Waals surface area (Å²) in [4.78, 5) is 0.176. The van der Waals surface area contributed by atoms with Crippen LogP contribution in [0.4, 0.5) is 0 Å². The van der Waals surface area contributed by atoms with Crippen LogP contribution in [0.3, 0.4) is 0 Å². The standard InChI is InChI=1S/C22H18N3O5S/c1-29-21-8-4-3-7-20(21)25-14-19(23-24-25)18-6-2-5-9-22(18)31(27,28)17-12-10-16(11-13-17)30-15-26/h2-14H,15H2,1H3/q-1. The minimum atomic E-state index is -3.85. The number of nitrogens with zero attached hydrogens (tertiary/aromatic N) is 3. The Kier molecular flexibility index (Phi) is 5.70. The van der Waals surface area contributed by atoms with Crippen LogP contribution in [0.25, 0.3) is 16.9 Å². The molecule has 0 atom stereocenters. The first-order chi connectivity index (χ1) is 15.0. The van der Waals surface area contributed by atoms with E-state index in [1.165, 1.54) is 35.0 Å². The minimum Gasteiger partial charge on any atom is -0.824 e. The number of hydrogen-bond donors (Lipinski definition) is 0. The monoisotopic (exact) mass is 436 g/mol. The minimum absolute atomic E-state index is 0.0790. The van der Waals surface area contributed by atoms with E-state index < -0.39 is 16.6 Å². The molecular formula is C22H18N3O5S-. The van der Waals surface area contributed by atoms with Gasteiger partial charge in [-0.05, 0) is 42.5 Å². The van der Waals surface area contributed by atoms with E-state index in [2.05, 4.69) is 10.3 Å². The van der Waals surface area contributed by atoms with Crippen molar-refractivity contribution in [1.29, 1.82) is 0 Å². The van der Waals surface area contributed by atoms with Crippen molar-refractivity contribution in [2.75, 3.05) is 13.9 Å². The highest BCUT2D eigenvalue weighted by Gasteiger charge is 2.23. The lowest BCUT2D eigenvalue weighted by molar-refractivity contribution is -0.413. The van der Waals surface area contributed by atoms with Crippen LogP contribution in [0.2, 0.25) is 0 Å². The van der Waals surface area contributed by atoms with Crippen molar-refractivity contribution in [3.63, 3.8) is 0 Å². The van der Waals surface area contributed by atoms with Crippen molar-refractivity contribution in [2.24, 2.45) is 0 Å². The molecule has 0 radical (unpaired) electrons. The molecule has 0 unspecified atom stereocenters. The van der Waals surface area contributed by atoms with Gasteiger partial charge in [0.15, 0.2) is 0 Å². The molecule has 0 saturated heterocycles. The van der Waals surface area contributed by atoms with Gasteiger partial charge in [0.2, 0.25) is 9.84 Å². The number of rotatable bonds is 7. The number of methoxy groups -OCH3 is 1. The van der Waals surface area contributed by atoms with Gasteiger partial charge in [-0.1, -0.05) is 35.5 Å². The van der Waals surface area contributed by atoms with Crippen molar-refractivity contribution in [3.8, 4) is 28.4 Å². The predicted molar refractivity (Wildman–Crippen MR) is 111 cm³/mol. The molecule has 0 amide bonds. The van der Waals surface area contributed by atoms with E-state index in [4.69, 9.17) is 9.47 Å². The predicted octanol–water partition coefficient (Wildman–Crippen LogP) is 2.47. The van der Waals surface area contributed by atoms with Crippen molar-refractivity contribution in [3.05, 3.63) is 79.0 Å². The van der Waals surface area contributed by atoms with Gasteiger partial charge in [0.1, 0.15) is 22.9 Å². The average Bonchev–Trinajstić information content (AvgIpc) is 3.30. The normalized spacial score (nSPS) is 11.3. The Bertz CT molecular complexity index is 1300. The highest BCUT2D eigenvalue weighted by Crippen LogP contribution is 2.32. The summed E-state index contributed by atoms with van der Waals surface area (Å²) in [5.41, 5.74) is 1.50. The zero-order valence-corrected chi connectivity index (χ0v) is 17.3. The van der Waals surface area contributed by atoms with Crippen LogP contribution in [0.5, 0.6) is 11.5 Å². The summed E-state index contributed by atoms with van der Waals surface area (Å²) in [5.74, 6) is 0.919. The van der Waals surface area contributed by atoms with Crippen LogP contribution in [0.1, 0.15) is 0 Å². The fraction of sp³-hybridized carbons (Fsp3) is 0.0909. The van der Waals surface area contributed by atoms with Gasteiger partial charge >= 0.3 is 0 Å². The second-order valence-electron chi connectivity index (χ2n) is 6.45. The summed E-state index contributed by atoms with van der Waals surface area (Å²) < 4.78 is 38.3. The van der Waals surface area contributed by atoms with E-state index in [1.807, 2.05) is 18.2 Å². The summed E-state index contributed by atoms with van der Waals surface area (Å²) in [6.07, 6.45) is 1.65. The molecule has 31 heavy (non-hydrogen) atoms. The largest absolute Gasteiger partial charge is 0.824 e. The Labute approximate surface area is 179 Å². The lowest BCUT2D eigenvalue weighted by Gasteiger charge is -2.11. The van der Waals surface area contributed by atoms with Crippen LogP contribution in [0.15, 0.2) is 88.8 Å². The molecule has 4 rings (SSSR count).